The molecule has 0 radical (unpaired) electrons. The van der Waals surface area contributed by atoms with Gasteiger partial charge < -0.3 is 5.32 Å². The van der Waals surface area contributed by atoms with E-state index in [2.05, 4.69) is 5.32 Å². The van der Waals surface area contributed by atoms with Crippen molar-refractivity contribution in [1.29, 1.82) is 0 Å². The van der Waals surface area contributed by atoms with Crippen LogP contribution in [0, 0.1) is 12.7 Å². The van der Waals surface area contributed by atoms with Crippen LogP contribution in [0.4, 0.5) is 4.39 Å². The largest absolute Gasteiger partial charge is 0.346 e. The fourth-order valence-electron chi connectivity index (χ4n) is 1.25. The van der Waals surface area contributed by atoms with Crippen LogP contribution in [-0.2, 0) is 0 Å². The summed E-state index contributed by atoms with van der Waals surface area (Å²) in [7, 11) is 0. The van der Waals surface area contributed by atoms with E-state index in [1.807, 2.05) is 13.8 Å². The Kier molecular flexibility index (Phi) is 3.92. The van der Waals surface area contributed by atoms with E-state index in [0.29, 0.717) is 11.4 Å². The molecule has 1 amide bonds. The molecule has 0 fully saturated rings. The molecule has 1 aromatic rings. The lowest BCUT2D eigenvalue weighted by molar-refractivity contribution is 0.0919. The summed E-state index contributed by atoms with van der Waals surface area (Å²) in [6, 6.07) is 4.14. The van der Waals surface area contributed by atoms with Gasteiger partial charge in [-0.1, -0.05) is 6.07 Å². The highest BCUT2D eigenvalue weighted by Crippen LogP contribution is 2.12. The van der Waals surface area contributed by atoms with Gasteiger partial charge in [-0.15, -0.1) is 11.6 Å². The number of amides is 1. The molecule has 16 heavy (non-hydrogen) atoms. The number of nitrogens with one attached hydrogen (secondary N) is 1. The number of aryl methyl sites for hydroxylation is 1. The number of alkyl halides is 1. The second-order valence-corrected chi connectivity index (χ2v) is 4.70. The Labute approximate surface area is 99.8 Å². The first-order valence-corrected chi connectivity index (χ1v) is 5.54. The number of carbonyl (C=O) groups excluding carboxylic acids is 1. The maximum Gasteiger partial charge on any atom is 0.252 e. The van der Waals surface area contributed by atoms with Crippen LogP contribution in [0.3, 0.4) is 0 Å². The minimum absolute atomic E-state index is 0.299. The minimum Gasteiger partial charge on any atom is -0.346 e. The molecule has 4 heteroatoms. The molecule has 0 spiro atoms. The normalized spacial score (nSPS) is 11.3. The van der Waals surface area contributed by atoms with Gasteiger partial charge in [0, 0.05) is 17.0 Å². The number of benzene rings is 1. The number of carbonyl (C=O) groups is 1. The molecule has 0 atom stereocenters. The lowest BCUT2D eigenvalue weighted by Gasteiger charge is -2.23. The number of halogens is 2. The fourth-order valence-corrected chi connectivity index (χ4v) is 1.31. The summed E-state index contributed by atoms with van der Waals surface area (Å²) in [6.07, 6.45) is 0. The first-order chi connectivity index (χ1) is 7.35. The van der Waals surface area contributed by atoms with Crippen molar-refractivity contribution in [3.8, 4) is 0 Å². The molecule has 88 valence electrons. The third kappa shape index (κ3) is 3.20. The minimum atomic E-state index is -0.503. The van der Waals surface area contributed by atoms with Crippen LogP contribution in [0.1, 0.15) is 29.8 Å². The van der Waals surface area contributed by atoms with E-state index in [4.69, 9.17) is 11.6 Å². The summed E-state index contributed by atoms with van der Waals surface area (Å²) >= 11 is 5.71. The summed E-state index contributed by atoms with van der Waals surface area (Å²) in [5, 5.41) is 2.75. The van der Waals surface area contributed by atoms with E-state index >= 15 is 0 Å². The van der Waals surface area contributed by atoms with Gasteiger partial charge in [-0.25, -0.2) is 4.39 Å². The smallest absolute Gasteiger partial charge is 0.252 e. The van der Waals surface area contributed by atoms with Crippen LogP contribution >= 0.6 is 11.6 Å². The van der Waals surface area contributed by atoms with Gasteiger partial charge >= 0.3 is 0 Å². The van der Waals surface area contributed by atoms with E-state index in [1.54, 1.807) is 13.0 Å². The average Bonchev–Trinajstić information content (AvgIpc) is 2.21. The van der Waals surface area contributed by atoms with Gasteiger partial charge in [0.05, 0.1) is 0 Å². The van der Waals surface area contributed by atoms with Crippen LogP contribution in [0.25, 0.3) is 0 Å². The van der Waals surface area contributed by atoms with Crippen molar-refractivity contribution in [2.75, 3.05) is 5.88 Å². The Morgan fingerprint density at radius 1 is 1.50 bits per heavy atom. The van der Waals surface area contributed by atoms with Gasteiger partial charge in [-0.05, 0) is 38.5 Å². The molecular weight excluding hydrogens is 229 g/mol. The Bertz CT molecular complexity index is 404. The Morgan fingerprint density at radius 3 is 2.69 bits per heavy atom. The van der Waals surface area contributed by atoms with Crippen molar-refractivity contribution in [1.82, 2.24) is 5.32 Å². The zero-order chi connectivity index (χ0) is 12.3. The Morgan fingerprint density at radius 2 is 2.12 bits per heavy atom. The predicted molar refractivity (Wildman–Crippen MR) is 63.4 cm³/mol. The first-order valence-electron chi connectivity index (χ1n) is 5.00. The van der Waals surface area contributed by atoms with E-state index in [9.17, 15) is 9.18 Å². The van der Waals surface area contributed by atoms with Crippen LogP contribution in [-0.4, -0.2) is 17.3 Å². The van der Waals surface area contributed by atoms with Gasteiger partial charge in [0.1, 0.15) is 5.82 Å². The summed E-state index contributed by atoms with van der Waals surface area (Å²) in [6.45, 7) is 5.39. The van der Waals surface area contributed by atoms with Crippen LogP contribution in [0.15, 0.2) is 18.2 Å². The summed E-state index contributed by atoms with van der Waals surface area (Å²) in [4.78, 5) is 11.9. The molecule has 0 unspecified atom stereocenters. The highest BCUT2D eigenvalue weighted by molar-refractivity contribution is 6.18. The molecular formula is C12H15ClFNO. The van der Waals surface area contributed by atoms with Crippen molar-refractivity contribution in [2.45, 2.75) is 26.3 Å². The molecule has 0 bridgehead atoms. The standard InChI is InChI=1S/C12H15ClFNO/c1-8-4-5-9(14)6-10(8)11(16)15-12(2,3)7-13/h4-6H,7H2,1-3H3,(H,15,16). The lowest BCUT2D eigenvalue weighted by atomic mass is 10.0. The van der Waals surface area contributed by atoms with Crippen molar-refractivity contribution in [2.24, 2.45) is 0 Å². The van der Waals surface area contributed by atoms with Gasteiger partial charge in [-0.3, -0.25) is 4.79 Å². The highest BCUT2D eigenvalue weighted by Gasteiger charge is 2.21. The average molecular weight is 244 g/mol. The predicted octanol–water partition coefficient (Wildman–Crippen LogP) is 2.88. The zero-order valence-corrected chi connectivity index (χ0v) is 10.4. The second kappa shape index (κ2) is 4.83. The first kappa shape index (κ1) is 13.0. The van der Waals surface area contributed by atoms with Crippen LogP contribution < -0.4 is 5.32 Å². The SMILES string of the molecule is Cc1ccc(F)cc1C(=O)NC(C)(C)CCl. The molecule has 1 N–H and O–H groups in total. The maximum atomic E-state index is 13.0. The van der Waals surface area contributed by atoms with Crippen molar-refractivity contribution >= 4 is 17.5 Å². The van der Waals surface area contributed by atoms with Crippen molar-refractivity contribution < 1.29 is 9.18 Å². The van der Waals surface area contributed by atoms with Gasteiger partial charge in [0.2, 0.25) is 0 Å². The third-order valence-corrected chi connectivity index (χ3v) is 2.90. The molecule has 0 saturated carbocycles. The van der Waals surface area contributed by atoms with Crippen molar-refractivity contribution in [3.63, 3.8) is 0 Å². The third-order valence-electron chi connectivity index (χ3n) is 2.23. The van der Waals surface area contributed by atoms with Gasteiger partial charge in [0.15, 0.2) is 0 Å². The number of hydrogen-bond acceptors (Lipinski definition) is 1. The molecule has 0 heterocycles. The van der Waals surface area contributed by atoms with E-state index in [1.165, 1.54) is 12.1 Å². The highest BCUT2D eigenvalue weighted by atomic mass is 35.5. The van der Waals surface area contributed by atoms with E-state index in [0.717, 1.165) is 5.56 Å². The Hall–Kier alpha value is -1.09. The fraction of sp³-hybridized carbons (Fsp3) is 0.417. The monoisotopic (exact) mass is 243 g/mol. The van der Waals surface area contributed by atoms with Crippen LogP contribution in [0.5, 0.6) is 0 Å². The lowest BCUT2D eigenvalue weighted by Crippen LogP contribution is -2.45. The van der Waals surface area contributed by atoms with Crippen LogP contribution in [0.2, 0.25) is 0 Å². The van der Waals surface area contributed by atoms with Gasteiger partial charge in [-0.2, -0.15) is 0 Å². The van der Waals surface area contributed by atoms with Gasteiger partial charge in [0.25, 0.3) is 5.91 Å². The maximum absolute atomic E-state index is 13.0. The molecule has 1 rings (SSSR count). The number of hydrogen-bond donors (Lipinski definition) is 1. The molecule has 0 aliphatic carbocycles. The summed E-state index contributed by atoms with van der Waals surface area (Å²) in [5.41, 5.74) is 0.583. The number of rotatable bonds is 3. The molecule has 0 aliphatic heterocycles. The quantitative estimate of drug-likeness (QED) is 0.813. The van der Waals surface area contributed by atoms with Crippen molar-refractivity contribution in [3.05, 3.63) is 35.1 Å². The molecule has 2 nitrogen and oxygen atoms in total. The zero-order valence-electron chi connectivity index (χ0n) is 9.60. The van der Waals surface area contributed by atoms with E-state index in [-0.39, 0.29) is 5.91 Å². The molecule has 1 aromatic carbocycles. The summed E-state index contributed by atoms with van der Waals surface area (Å²) < 4.78 is 13.0. The summed E-state index contributed by atoms with van der Waals surface area (Å²) in [5.74, 6) is -0.422. The van der Waals surface area contributed by atoms with E-state index < -0.39 is 11.4 Å². The molecule has 0 aliphatic rings. The molecule has 0 saturated heterocycles. The second-order valence-electron chi connectivity index (χ2n) is 4.43. The topological polar surface area (TPSA) is 29.1 Å². The molecule has 0 aromatic heterocycles. The Balaban J connectivity index is 2.93.